The van der Waals surface area contributed by atoms with Gasteiger partial charge < -0.3 is 0 Å². The fourth-order valence-corrected chi connectivity index (χ4v) is 13.8. The lowest BCUT2D eigenvalue weighted by Crippen LogP contribution is -1.84. The Kier molecular flexibility index (Phi) is 18.2. The molecule has 0 atom stereocenters. The minimum Gasteiger partial charge on any atom is -0.139 e. The van der Waals surface area contributed by atoms with E-state index >= 15 is 0 Å². The van der Waals surface area contributed by atoms with Gasteiger partial charge in [0, 0.05) is 58.5 Å². The van der Waals surface area contributed by atoms with Gasteiger partial charge in [0.15, 0.2) is 0 Å². The summed E-state index contributed by atoms with van der Waals surface area (Å²) in [6.45, 7) is 4.60. The van der Waals surface area contributed by atoms with Crippen molar-refractivity contribution < 1.29 is 0 Å². The minimum atomic E-state index is 1.23. The van der Waals surface area contributed by atoms with E-state index in [1.165, 1.54) is 190 Å². The van der Waals surface area contributed by atoms with Crippen LogP contribution in [0.2, 0.25) is 0 Å². The van der Waals surface area contributed by atoms with Gasteiger partial charge in [0.25, 0.3) is 0 Å². The number of aryl methyl sites for hydroxylation is 2. The van der Waals surface area contributed by atoms with Gasteiger partial charge in [0.05, 0.1) is 0 Å². The van der Waals surface area contributed by atoms with E-state index in [0.29, 0.717) is 0 Å². The molecule has 6 aromatic rings. The Morgan fingerprint density at radius 1 is 0.241 bits per heavy atom. The molecule has 54 heavy (non-hydrogen) atoms. The Labute approximate surface area is 351 Å². The second-order valence-electron chi connectivity index (χ2n) is 15.1. The quantitative estimate of drug-likeness (QED) is 0.0454. The Hall–Kier alpha value is -1.80. The van der Waals surface area contributed by atoms with Gasteiger partial charge in [0.2, 0.25) is 0 Å². The van der Waals surface area contributed by atoms with E-state index in [0.717, 1.165) is 0 Å². The fourth-order valence-electron chi connectivity index (χ4n) is 7.27. The molecule has 0 saturated carbocycles. The largest absolute Gasteiger partial charge is 0.139 e. The lowest BCUT2D eigenvalue weighted by atomic mass is 10.1. The standard InChI is InChI=1S/C48H62S6/c1-3-5-7-9-11-13-15-17-19-21-23-37-25-27-39(49-37)41-29-31-43(51-41)45-33-35-47(53-45)48-36-34-46(54-48)44-32-30-42(52-44)40-28-26-38(50-40)24-22-20-18-16-14-12-10-8-6-4-2/h25-36H,3-24H2,1-2H3. The van der Waals surface area contributed by atoms with Gasteiger partial charge in [-0.25, -0.2) is 0 Å². The third-order valence-electron chi connectivity index (χ3n) is 10.5. The average Bonchev–Trinajstić information content (AvgIpc) is 4.02. The zero-order valence-corrected chi connectivity index (χ0v) is 37.8. The first-order valence-corrected chi connectivity index (χ1v) is 26.2. The minimum absolute atomic E-state index is 1.23. The highest BCUT2D eigenvalue weighted by Crippen LogP contribution is 2.46. The smallest absolute Gasteiger partial charge is 0.0449 e. The predicted molar refractivity (Wildman–Crippen MR) is 252 cm³/mol. The SMILES string of the molecule is CCCCCCCCCCCCc1ccc(-c2ccc(-c3ccc(-c4ccc(-c5ccc(-c6ccc(CCCCCCCCCCCC)s6)s5)s4)s3)s2)s1. The molecule has 0 fully saturated rings. The molecule has 6 aromatic heterocycles. The summed E-state index contributed by atoms with van der Waals surface area (Å²) in [5, 5.41) is 0. The van der Waals surface area contributed by atoms with Gasteiger partial charge in [-0.05, 0) is 98.5 Å². The maximum absolute atomic E-state index is 2.37. The molecule has 0 radical (unpaired) electrons. The molecular formula is C48H62S6. The van der Waals surface area contributed by atoms with Crippen molar-refractivity contribution in [1.82, 2.24) is 0 Å². The van der Waals surface area contributed by atoms with Crippen molar-refractivity contribution in [2.75, 3.05) is 0 Å². The second kappa shape index (κ2) is 23.4. The number of unbranched alkanes of at least 4 members (excludes halogenated alkanes) is 18. The molecule has 0 aromatic carbocycles. The first-order valence-electron chi connectivity index (χ1n) is 21.3. The molecule has 290 valence electrons. The lowest BCUT2D eigenvalue weighted by molar-refractivity contribution is 0.557. The molecule has 6 heterocycles. The van der Waals surface area contributed by atoms with Crippen LogP contribution in [0.15, 0.2) is 72.8 Å². The Balaban J connectivity index is 0.931. The van der Waals surface area contributed by atoms with Crippen LogP contribution in [0.3, 0.4) is 0 Å². The Morgan fingerprint density at radius 3 is 0.704 bits per heavy atom. The molecule has 0 aliphatic heterocycles. The van der Waals surface area contributed by atoms with Crippen LogP contribution in [-0.2, 0) is 12.8 Å². The Morgan fingerprint density at radius 2 is 0.444 bits per heavy atom. The van der Waals surface area contributed by atoms with Crippen LogP contribution in [-0.4, -0.2) is 0 Å². The van der Waals surface area contributed by atoms with Crippen molar-refractivity contribution in [2.24, 2.45) is 0 Å². The molecule has 0 aliphatic rings. The molecule has 0 nitrogen and oxygen atoms in total. The molecule has 6 rings (SSSR count). The molecule has 0 aliphatic carbocycles. The van der Waals surface area contributed by atoms with Gasteiger partial charge in [-0.1, -0.05) is 129 Å². The van der Waals surface area contributed by atoms with Crippen LogP contribution in [0.1, 0.15) is 152 Å². The summed E-state index contributed by atoms with van der Waals surface area (Å²) in [5.74, 6) is 0. The maximum atomic E-state index is 2.37. The van der Waals surface area contributed by atoms with E-state index in [1.807, 2.05) is 68.0 Å². The van der Waals surface area contributed by atoms with Crippen LogP contribution < -0.4 is 0 Å². The third-order valence-corrected chi connectivity index (χ3v) is 18.1. The molecule has 0 N–H and O–H groups in total. The van der Waals surface area contributed by atoms with E-state index in [9.17, 15) is 0 Å². The van der Waals surface area contributed by atoms with E-state index < -0.39 is 0 Å². The second-order valence-corrected chi connectivity index (χ2v) is 21.7. The van der Waals surface area contributed by atoms with Crippen LogP contribution in [0.4, 0.5) is 0 Å². The normalized spacial score (nSPS) is 11.7. The maximum Gasteiger partial charge on any atom is 0.0449 e. The van der Waals surface area contributed by atoms with Crippen molar-refractivity contribution in [3.05, 3.63) is 82.6 Å². The topological polar surface area (TPSA) is 0 Å². The van der Waals surface area contributed by atoms with E-state index in [-0.39, 0.29) is 0 Å². The lowest BCUT2D eigenvalue weighted by Gasteiger charge is -2.02. The van der Waals surface area contributed by atoms with Gasteiger partial charge in [-0.2, -0.15) is 0 Å². The molecule has 0 saturated heterocycles. The average molecular weight is 831 g/mol. The van der Waals surface area contributed by atoms with Crippen molar-refractivity contribution in [1.29, 1.82) is 0 Å². The van der Waals surface area contributed by atoms with Crippen molar-refractivity contribution in [3.8, 4) is 48.8 Å². The monoisotopic (exact) mass is 830 g/mol. The molecule has 0 bridgehead atoms. The molecule has 6 heteroatoms. The summed E-state index contributed by atoms with van der Waals surface area (Å²) < 4.78 is 0. The Bertz CT molecular complexity index is 1750. The summed E-state index contributed by atoms with van der Waals surface area (Å²) in [4.78, 5) is 17.0. The zero-order chi connectivity index (χ0) is 37.2. The van der Waals surface area contributed by atoms with E-state index in [2.05, 4.69) is 86.6 Å². The van der Waals surface area contributed by atoms with Gasteiger partial charge >= 0.3 is 0 Å². The molecule has 0 unspecified atom stereocenters. The predicted octanol–water partition coefficient (Wildman–Crippen LogP) is 19.3. The van der Waals surface area contributed by atoms with Crippen LogP contribution >= 0.6 is 68.0 Å². The molecule has 0 amide bonds. The number of hydrogen-bond acceptors (Lipinski definition) is 6. The van der Waals surface area contributed by atoms with Gasteiger partial charge in [0.1, 0.15) is 0 Å². The summed E-state index contributed by atoms with van der Waals surface area (Å²) in [6, 6.07) is 28.1. The van der Waals surface area contributed by atoms with Crippen molar-refractivity contribution in [2.45, 2.75) is 155 Å². The van der Waals surface area contributed by atoms with E-state index in [4.69, 9.17) is 0 Å². The zero-order valence-electron chi connectivity index (χ0n) is 32.9. The molecular weight excluding hydrogens is 769 g/mol. The highest BCUT2D eigenvalue weighted by Gasteiger charge is 2.14. The van der Waals surface area contributed by atoms with Crippen molar-refractivity contribution >= 4 is 68.0 Å². The summed E-state index contributed by atoms with van der Waals surface area (Å²) in [5.41, 5.74) is 0. The number of hydrogen-bond donors (Lipinski definition) is 0. The first kappa shape index (κ1) is 41.8. The summed E-state index contributed by atoms with van der Waals surface area (Å²) >= 11 is 11.8. The van der Waals surface area contributed by atoms with Gasteiger partial charge in [-0.3, -0.25) is 0 Å². The number of rotatable bonds is 27. The third kappa shape index (κ3) is 13.1. The van der Waals surface area contributed by atoms with Gasteiger partial charge in [-0.15, -0.1) is 68.0 Å². The van der Waals surface area contributed by atoms with Crippen LogP contribution in [0, 0.1) is 0 Å². The summed E-state index contributed by atoms with van der Waals surface area (Å²) in [7, 11) is 0. The van der Waals surface area contributed by atoms with Crippen LogP contribution in [0.5, 0.6) is 0 Å². The molecule has 0 spiro atoms. The van der Waals surface area contributed by atoms with E-state index in [1.54, 1.807) is 9.75 Å². The first-order chi connectivity index (χ1) is 26.7. The van der Waals surface area contributed by atoms with Crippen LogP contribution in [0.25, 0.3) is 48.8 Å². The fraction of sp³-hybridized carbons (Fsp3) is 0.500. The summed E-state index contributed by atoms with van der Waals surface area (Å²) in [6.07, 6.45) is 30.5. The van der Waals surface area contributed by atoms with Crippen molar-refractivity contribution in [3.63, 3.8) is 0 Å². The highest BCUT2D eigenvalue weighted by atomic mass is 32.1. The highest BCUT2D eigenvalue weighted by molar-refractivity contribution is 7.30. The number of thiophene rings is 6.